The fourth-order valence-corrected chi connectivity index (χ4v) is 4.63. The minimum Gasteiger partial charge on any atom is -0.496 e. The summed E-state index contributed by atoms with van der Waals surface area (Å²) in [7, 11) is 1.54. The van der Waals surface area contributed by atoms with Gasteiger partial charge in [0.25, 0.3) is 5.91 Å². The first kappa shape index (κ1) is 29.8. The number of nitrogens with one attached hydrogen (secondary N) is 1. The van der Waals surface area contributed by atoms with E-state index in [4.69, 9.17) is 19.4 Å². The lowest BCUT2D eigenvalue weighted by atomic mass is 9.95. The number of aldehydes is 1. The van der Waals surface area contributed by atoms with Crippen LogP contribution in [0.15, 0.2) is 30.4 Å². The van der Waals surface area contributed by atoms with Crippen molar-refractivity contribution in [1.82, 2.24) is 14.7 Å². The minimum absolute atomic E-state index is 0.122. The van der Waals surface area contributed by atoms with Crippen LogP contribution in [0.3, 0.4) is 0 Å². The minimum atomic E-state index is -0.434. The molecule has 0 atom stereocenters. The van der Waals surface area contributed by atoms with Crippen molar-refractivity contribution in [3.8, 4) is 17.0 Å². The van der Waals surface area contributed by atoms with Crippen LogP contribution in [-0.4, -0.2) is 66.1 Å². The predicted molar refractivity (Wildman–Crippen MR) is 153 cm³/mol. The molecule has 0 unspecified atom stereocenters. The van der Waals surface area contributed by atoms with Gasteiger partial charge in [-0.2, -0.15) is 5.10 Å². The molecule has 9 heteroatoms. The van der Waals surface area contributed by atoms with Crippen molar-refractivity contribution >= 4 is 30.4 Å². The Morgan fingerprint density at radius 2 is 1.95 bits per heavy atom. The largest absolute Gasteiger partial charge is 0.496 e. The van der Waals surface area contributed by atoms with E-state index in [1.165, 1.54) is 20.0 Å². The van der Waals surface area contributed by atoms with E-state index in [2.05, 4.69) is 12.2 Å². The summed E-state index contributed by atoms with van der Waals surface area (Å²) >= 11 is 0. The molecule has 1 N–H and O–H groups in total. The maximum Gasteiger partial charge on any atom is 0.275 e. The molecule has 1 saturated carbocycles. The number of methoxy groups -OCH3 is 1. The number of carbonyl (C=O) groups excluding carboxylic acids is 3. The molecule has 0 bridgehead atoms. The van der Waals surface area contributed by atoms with Crippen molar-refractivity contribution in [2.75, 3.05) is 32.2 Å². The molecule has 1 saturated heterocycles. The van der Waals surface area contributed by atoms with Crippen LogP contribution >= 0.6 is 0 Å². The van der Waals surface area contributed by atoms with E-state index in [0.717, 1.165) is 40.4 Å². The second-order valence-corrected chi connectivity index (χ2v) is 10.4. The van der Waals surface area contributed by atoms with Crippen LogP contribution in [0, 0.1) is 5.92 Å². The fourth-order valence-electron chi connectivity index (χ4n) is 4.63. The Hall–Kier alpha value is -3.72. The van der Waals surface area contributed by atoms with Crippen molar-refractivity contribution in [1.29, 1.82) is 0 Å². The number of morpholine rings is 1. The summed E-state index contributed by atoms with van der Waals surface area (Å²) in [6, 6.07) is 3.61. The lowest BCUT2D eigenvalue weighted by Gasteiger charge is -2.41. The number of allylic oxidation sites excluding steroid dienone is 4. The second-order valence-electron chi connectivity index (χ2n) is 10.4. The van der Waals surface area contributed by atoms with Crippen LogP contribution in [0.5, 0.6) is 5.75 Å². The summed E-state index contributed by atoms with van der Waals surface area (Å²) in [6.45, 7) is 14.1. The third-order valence-electron chi connectivity index (χ3n) is 7.03. The van der Waals surface area contributed by atoms with Crippen molar-refractivity contribution < 1.29 is 23.9 Å². The van der Waals surface area contributed by atoms with Gasteiger partial charge in [0.1, 0.15) is 12.5 Å². The average Bonchev–Trinajstić information content (AvgIpc) is 3.64. The zero-order valence-electron chi connectivity index (χ0n) is 23.9. The molecular formula is C30H40N4O5. The second kappa shape index (κ2) is 12.9. The Kier molecular flexibility index (Phi) is 9.86. The number of anilines is 1. The summed E-state index contributed by atoms with van der Waals surface area (Å²) in [5.74, 6) is 1.46. The summed E-state index contributed by atoms with van der Waals surface area (Å²) in [5.41, 5.74) is 4.49. The number of carbonyl (C=O) groups is 3. The molecule has 1 aromatic heterocycles. The molecule has 0 spiro atoms. The number of fused-ring (bicyclic) bond motifs is 3. The summed E-state index contributed by atoms with van der Waals surface area (Å²) in [5, 5.41) is 8.21. The zero-order valence-corrected chi connectivity index (χ0v) is 23.9. The molecule has 2 fully saturated rings. The Balaban J connectivity index is 0.000000629. The van der Waals surface area contributed by atoms with Crippen molar-refractivity contribution in [3.05, 3.63) is 47.2 Å². The average molecular weight is 537 g/mol. The molecule has 39 heavy (non-hydrogen) atoms. The number of benzene rings is 1. The number of aromatic nitrogens is 2. The topological polar surface area (TPSA) is 103 Å². The van der Waals surface area contributed by atoms with Crippen LogP contribution in [0.4, 0.5) is 5.69 Å². The molecular weight excluding hydrogens is 496 g/mol. The van der Waals surface area contributed by atoms with E-state index in [1.807, 2.05) is 63.7 Å². The van der Waals surface area contributed by atoms with Crippen molar-refractivity contribution in [2.45, 2.75) is 59.5 Å². The van der Waals surface area contributed by atoms with Gasteiger partial charge in [0.2, 0.25) is 0 Å². The molecule has 2 aliphatic heterocycles. The summed E-state index contributed by atoms with van der Waals surface area (Å²) in [6.07, 6.45) is 9.58. The van der Waals surface area contributed by atoms with Crippen molar-refractivity contribution in [3.63, 3.8) is 0 Å². The highest BCUT2D eigenvalue weighted by atomic mass is 16.5. The number of amides is 1. The maximum atomic E-state index is 13.8. The highest BCUT2D eigenvalue weighted by Gasteiger charge is 2.38. The first-order chi connectivity index (χ1) is 18.7. The monoisotopic (exact) mass is 536 g/mol. The van der Waals surface area contributed by atoms with Crippen molar-refractivity contribution in [2.24, 2.45) is 5.92 Å². The normalized spacial score (nSPS) is 17.5. The molecule has 9 nitrogen and oxygen atoms in total. The van der Waals surface area contributed by atoms with E-state index in [1.54, 1.807) is 10.7 Å². The third-order valence-corrected chi connectivity index (χ3v) is 7.03. The molecule has 3 aliphatic rings. The number of rotatable bonds is 5. The number of nitrogens with zero attached hydrogens (tertiary/aromatic N) is 3. The molecule has 5 rings (SSSR count). The van der Waals surface area contributed by atoms with Gasteiger partial charge in [0, 0.05) is 36.0 Å². The fraction of sp³-hybridized carbons (Fsp3) is 0.467. The Morgan fingerprint density at radius 1 is 1.26 bits per heavy atom. The van der Waals surface area contributed by atoms with Gasteiger partial charge < -0.3 is 24.5 Å². The first-order valence-electron chi connectivity index (χ1n) is 13.3. The van der Waals surface area contributed by atoms with Gasteiger partial charge in [-0.05, 0) is 45.8 Å². The smallest absolute Gasteiger partial charge is 0.275 e. The van der Waals surface area contributed by atoms with Gasteiger partial charge in [0.15, 0.2) is 12.0 Å². The van der Waals surface area contributed by atoms with Gasteiger partial charge in [-0.25, -0.2) is 4.68 Å². The molecule has 2 aromatic rings. The molecule has 210 valence electrons. The van der Waals surface area contributed by atoms with Gasteiger partial charge in [-0.1, -0.05) is 31.9 Å². The standard InChI is InChI=1S/C25H30N4O4.C4H8.CH2O/c1-6-8-17(7-2)29-23-18-11-16(14-30)21(32-5)12-20(18)26-13-19(23)22(27-29)24(31)28-9-10-33-15-25(28,3)4;1-4-2-3-4;1-2/h6-8,11-12,14,26H,9-10,13,15H2,1-5H3;4H,2-3H2,1H3;1H2/b8-6-,17-7+;;. The predicted octanol–water partition coefficient (Wildman–Crippen LogP) is 5.22. The van der Waals surface area contributed by atoms with Gasteiger partial charge >= 0.3 is 0 Å². The first-order valence-corrected chi connectivity index (χ1v) is 13.3. The van der Waals surface area contributed by atoms with Crippen LogP contribution in [0.25, 0.3) is 17.0 Å². The van der Waals surface area contributed by atoms with E-state index in [9.17, 15) is 9.59 Å². The van der Waals surface area contributed by atoms with Gasteiger partial charge in [-0.3, -0.25) is 9.59 Å². The van der Waals surface area contributed by atoms with Crippen LogP contribution in [0.1, 0.15) is 73.9 Å². The molecule has 1 aliphatic carbocycles. The Bertz CT molecular complexity index is 1260. The molecule has 0 radical (unpaired) electrons. The number of ether oxygens (including phenoxy) is 2. The van der Waals surface area contributed by atoms with Gasteiger partial charge in [-0.15, -0.1) is 0 Å². The van der Waals surface area contributed by atoms with E-state index < -0.39 is 5.54 Å². The Morgan fingerprint density at radius 3 is 2.49 bits per heavy atom. The maximum absolute atomic E-state index is 13.8. The van der Waals surface area contributed by atoms with E-state index >= 15 is 0 Å². The van der Waals surface area contributed by atoms with Crippen LogP contribution in [-0.2, 0) is 16.1 Å². The Labute approximate surface area is 230 Å². The SMILES string of the molecule is C/C=C\C(=C/C)n1nc(C(=O)N2CCOCC2(C)C)c2c1-c1cc(C=O)c(OC)cc1NC2.C=O.CC1CC1. The number of hydrogen-bond donors (Lipinski definition) is 1. The third kappa shape index (κ3) is 6.30. The number of hydrogen-bond acceptors (Lipinski definition) is 7. The lowest BCUT2D eigenvalue weighted by Crippen LogP contribution is -2.55. The summed E-state index contributed by atoms with van der Waals surface area (Å²) in [4.78, 5) is 35.3. The zero-order chi connectivity index (χ0) is 28.7. The highest BCUT2D eigenvalue weighted by molar-refractivity contribution is 5.99. The summed E-state index contributed by atoms with van der Waals surface area (Å²) < 4.78 is 12.8. The van der Waals surface area contributed by atoms with Crippen LogP contribution < -0.4 is 10.1 Å². The molecule has 1 aromatic carbocycles. The molecule has 1 amide bonds. The highest BCUT2D eigenvalue weighted by Crippen LogP contribution is 2.42. The van der Waals surface area contributed by atoms with Gasteiger partial charge in [0.05, 0.1) is 42.8 Å². The molecule has 3 heterocycles. The van der Waals surface area contributed by atoms with E-state index in [0.29, 0.717) is 43.3 Å². The lowest BCUT2D eigenvalue weighted by molar-refractivity contribution is -0.0980. The quantitative estimate of drug-likeness (QED) is 0.413. The van der Waals surface area contributed by atoms with E-state index in [-0.39, 0.29) is 5.91 Å². The van der Waals surface area contributed by atoms with Crippen LogP contribution in [0.2, 0.25) is 0 Å².